The van der Waals surface area contributed by atoms with Crippen LogP contribution in [0.4, 0.5) is 11.4 Å². The van der Waals surface area contributed by atoms with Gasteiger partial charge in [0.25, 0.3) is 0 Å². The van der Waals surface area contributed by atoms with Gasteiger partial charge in [0.15, 0.2) is 0 Å². The maximum Gasteiger partial charge on any atom is 0.354 e. The molecule has 1 atom stereocenters. The molecule has 1 fully saturated rings. The average molecular weight is 467 g/mol. The van der Waals surface area contributed by atoms with Crippen LogP contribution < -0.4 is 10.3 Å². The molecule has 0 bridgehead atoms. The predicted molar refractivity (Wildman–Crippen MR) is 134 cm³/mol. The lowest BCUT2D eigenvalue weighted by molar-refractivity contribution is -0.135. The zero-order chi connectivity index (χ0) is 23.2. The topological polar surface area (TPSA) is 74.2 Å². The highest BCUT2D eigenvalue weighted by Crippen LogP contribution is 2.27. The number of rotatable bonds is 7. The lowest BCUT2D eigenvalue weighted by Gasteiger charge is -2.26. The van der Waals surface area contributed by atoms with E-state index in [4.69, 9.17) is 4.74 Å². The molecule has 2 aromatic carbocycles. The van der Waals surface area contributed by atoms with E-state index in [1.54, 1.807) is 11.9 Å². The number of ether oxygens (including phenoxy) is 1. The third-order valence-electron chi connectivity index (χ3n) is 5.80. The third kappa shape index (κ3) is 5.75. The number of aryl methyl sites for hydroxylation is 1. The quantitative estimate of drug-likeness (QED) is 0.628. The van der Waals surface area contributed by atoms with Crippen molar-refractivity contribution in [2.24, 2.45) is 5.10 Å². The van der Waals surface area contributed by atoms with Crippen LogP contribution in [0, 0.1) is 6.92 Å². The molecule has 0 aromatic heterocycles. The van der Waals surface area contributed by atoms with Gasteiger partial charge in [-0.3, -0.25) is 14.7 Å². The maximum absolute atomic E-state index is 13.3. The highest BCUT2D eigenvalue weighted by atomic mass is 32.2. The standard InChI is InChI=1S/C25H30N4O3S/c1-3-32-25(31)22-16-23(29(27-22)20-7-5-4-6-8-20)24(30)26-21-10-9-19(15-18(21)2)17-28-11-13-33-14-12-28/h4-10,15,23H,3,11-14,16-17H2,1-2H3,(H,26,30). The van der Waals surface area contributed by atoms with Crippen molar-refractivity contribution < 1.29 is 14.3 Å². The molecule has 0 spiro atoms. The van der Waals surface area contributed by atoms with Gasteiger partial charge in [0.2, 0.25) is 5.91 Å². The van der Waals surface area contributed by atoms with Crippen LogP contribution in [-0.2, 0) is 20.9 Å². The first-order chi connectivity index (χ1) is 16.0. The molecule has 1 saturated heterocycles. The van der Waals surface area contributed by atoms with Gasteiger partial charge in [-0.2, -0.15) is 16.9 Å². The molecule has 1 N–H and O–H groups in total. The number of hydrogen-bond acceptors (Lipinski definition) is 7. The zero-order valence-corrected chi connectivity index (χ0v) is 19.9. The van der Waals surface area contributed by atoms with Crippen molar-refractivity contribution in [3.63, 3.8) is 0 Å². The fraction of sp³-hybridized carbons (Fsp3) is 0.400. The number of esters is 1. The van der Waals surface area contributed by atoms with Crippen molar-refractivity contribution in [1.29, 1.82) is 0 Å². The van der Waals surface area contributed by atoms with Gasteiger partial charge in [0.05, 0.1) is 12.3 Å². The lowest BCUT2D eigenvalue weighted by atomic mass is 10.1. The van der Waals surface area contributed by atoms with Gasteiger partial charge in [-0.05, 0) is 43.2 Å². The number of benzene rings is 2. The number of carbonyl (C=O) groups excluding carboxylic acids is 2. The van der Waals surface area contributed by atoms with Gasteiger partial charge >= 0.3 is 5.97 Å². The minimum absolute atomic E-state index is 0.198. The first-order valence-corrected chi connectivity index (χ1v) is 12.5. The molecule has 4 rings (SSSR count). The van der Waals surface area contributed by atoms with Crippen molar-refractivity contribution in [2.45, 2.75) is 32.9 Å². The second-order valence-corrected chi connectivity index (χ2v) is 9.42. The molecule has 0 radical (unpaired) electrons. The summed E-state index contributed by atoms with van der Waals surface area (Å²) >= 11 is 2.01. The Morgan fingerprint density at radius 3 is 2.61 bits per heavy atom. The fourth-order valence-electron chi connectivity index (χ4n) is 4.07. The van der Waals surface area contributed by atoms with E-state index in [2.05, 4.69) is 27.5 Å². The monoisotopic (exact) mass is 466 g/mol. The van der Waals surface area contributed by atoms with Crippen LogP contribution in [0.25, 0.3) is 0 Å². The Kier molecular flexibility index (Phi) is 7.67. The number of amides is 1. The number of hydrazone groups is 1. The number of nitrogens with zero attached hydrogens (tertiary/aromatic N) is 3. The van der Waals surface area contributed by atoms with E-state index in [-0.39, 0.29) is 24.6 Å². The number of nitrogens with one attached hydrogen (secondary N) is 1. The van der Waals surface area contributed by atoms with E-state index in [0.29, 0.717) is 0 Å². The Balaban J connectivity index is 1.47. The maximum atomic E-state index is 13.3. The molecule has 2 aliphatic rings. The van der Waals surface area contributed by atoms with E-state index in [1.165, 1.54) is 17.1 Å². The Morgan fingerprint density at radius 1 is 1.15 bits per heavy atom. The average Bonchev–Trinajstić information content (AvgIpc) is 3.28. The Hall–Kier alpha value is -2.84. The van der Waals surface area contributed by atoms with Crippen LogP contribution >= 0.6 is 11.8 Å². The number of anilines is 2. The van der Waals surface area contributed by atoms with Crippen LogP contribution in [-0.4, -0.2) is 59.7 Å². The number of hydrogen-bond donors (Lipinski definition) is 1. The lowest BCUT2D eigenvalue weighted by Crippen LogP contribution is -2.39. The highest BCUT2D eigenvalue weighted by molar-refractivity contribution is 7.99. The van der Waals surface area contributed by atoms with Gasteiger partial charge < -0.3 is 10.1 Å². The Labute approximate surface area is 199 Å². The minimum Gasteiger partial charge on any atom is -0.461 e. The SMILES string of the molecule is CCOC(=O)C1=NN(c2ccccc2)C(C(=O)Nc2ccc(CN3CCSCC3)cc2C)C1. The van der Waals surface area contributed by atoms with Crippen molar-refractivity contribution in [3.8, 4) is 0 Å². The third-order valence-corrected chi connectivity index (χ3v) is 6.75. The molecule has 8 heteroatoms. The van der Waals surface area contributed by atoms with Crippen molar-refractivity contribution in [3.05, 3.63) is 59.7 Å². The van der Waals surface area contributed by atoms with E-state index in [0.717, 1.165) is 36.6 Å². The molecule has 1 amide bonds. The molecule has 0 aliphatic carbocycles. The summed E-state index contributed by atoms with van der Waals surface area (Å²) in [5, 5.41) is 9.09. The smallest absolute Gasteiger partial charge is 0.354 e. The Morgan fingerprint density at radius 2 is 1.91 bits per heavy atom. The van der Waals surface area contributed by atoms with Gasteiger partial charge in [-0.25, -0.2) is 4.79 Å². The second-order valence-electron chi connectivity index (χ2n) is 8.19. The second kappa shape index (κ2) is 10.9. The van der Waals surface area contributed by atoms with Crippen molar-refractivity contribution in [2.75, 3.05) is 41.5 Å². The summed E-state index contributed by atoms with van der Waals surface area (Å²) in [6, 6.07) is 15.0. The molecule has 0 saturated carbocycles. The first-order valence-electron chi connectivity index (χ1n) is 11.3. The number of thioether (sulfide) groups is 1. The van der Waals surface area contributed by atoms with Crippen LogP contribution in [0.5, 0.6) is 0 Å². The number of carbonyl (C=O) groups is 2. The molecule has 2 heterocycles. The van der Waals surface area contributed by atoms with Gasteiger partial charge in [-0.15, -0.1) is 0 Å². The normalized spacial score (nSPS) is 18.7. The molecule has 1 unspecified atom stereocenters. The van der Waals surface area contributed by atoms with Crippen LogP contribution in [0.3, 0.4) is 0 Å². The Bertz CT molecular complexity index is 1020. The summed E-state index contributed by atoms with van der Waals surface area (Å²) in [5.74, 6) is 1.68. The summed E-state index contributed by atoms with van der Waals surface area (Å²) in [4.78, 5) is 28.0. The molecular formula is C25H30N4O3S. The summed E-state index contributed by atoms with van der Waals surface area (Å²) < 4.78 is 5.12. The van der Waals surface area contributed by atoms with Crippen LogP contribution in [0.15, 0.2) is 53.6 Å². The van der Waals surface area contributed by atoms with Crippen molar-refractivity contribution in [1.82, 2.24) is 4.90 Å². The molecule has 2 aliphatic heterocycles. The van der Waals surface area contributed by atoms with E-state index < -0.39 is 12.0 Å². The summed E-state index contributed by atoms with van der Waals surface area (Å²) in [6.07, 6.45) is 0.198. The first kappa shape index (κ1) is 23.3. The van der Waals surface area contributed by atoms with E-state index >= 15 is 0 Å². The van der Waals surface area contributed by atoms with E-state index in [9.17, 15) is 9.59 Å². The molecular weight excluding hydrogens is 436 g/mol. The van der Waals surface area contributed by atoms with Gasteiger partial charge in [-0.1, -0.05) is 30.3 Å². The summed E-state index contributed by atoms with van der Waals surface area (Å²) in [7, 11) is 0. The number of para-hydroxylation sites is 1. The molecule has 7 nitrogen and oxygen atoms in total. The van der Waals surface area contributed by atoms with Crippen LogP contribution in [0.1, 0.15) is 24.5 Å². The highest BCUT2D eigenvalue weighted by Gasteiger charge is 2.37. The summed E-state index contributed by atoms with van der Waals surface area (Å²) in [6.45, 7) is 7.18. The fourth-order valence-corrected chi connectivity index (χ4v) is 5.05. The predicted octanol–water partition coefficient (Wildman–Crippen LogP) is 3.68. The van der Waals surface area contributed by atoms with Gasteiger partial charge in [0, 0.05) is 43.2 Å². The van der Waals surface area contributed by atoms with Crippen LogP contribution in [0.2, 0.25) is 0 Å². The molecule has 2 aromatic rings. The molecule has 33 heavy (non-hydrogen) atoms. The van der Waals surface area contributed by atoms with E-state index in [1.807, 2.05) is 55.1 Å². The van der Waals surface area contributed by atoms with Gasteiger partial charge in [0.1, 0.15) is 11.8 Å². The molecule has 174 valence electrons. The largest absolute Gasteiger partial charge is 0.461 e. The van der Waals surface area contributed by atoms with Crippen molar-refractivity contribution >= 4 is 40.7 Å². The summed E-state index contributed by atoms with van der Waals surface area (Å²) in [5.41, 5.74) is 4.05. The zero-order valence-electron chi connectivity index (χ0n) is 19.1. The minimum atomic E-state index is -0.628.